The molecule has 6 heteroatoms. The number of carbonyl (C=O) groups excluding carboxylic acids is 2. The molecule has 0 unspecified atom stereocenters. The molecule has 1 aromatic rings. The fraction of sp³-hybridized carbons (Fsp3) is 0.438. The van der Waals surface area contributed by atoms with Crippen LogP contribution in [0.3, 0.4) is 0 Å². The number of carbonyl (C=O) groups is 3. The Morgan fingerprint density at radius 1 is 1.18 bits per heavy atom. The van der Waals surface area contributed by atoms with Crippen molar-refractivity contribution in [1.29, 1.82) is 0 Å². The fourth-order valence-electron chi connectivity index (χ4n) is 1.77. The van der Waals surface area contributed by atoms with Crippen molar-refractivity contribution in [3.8, 4) is 0 Å². The highest BCUT2D eigenvalue weighted by Gasteiger charge is 2.10. The summed E-state index contributed by atoms with van der Waals surface area (Å²) in [5.74, 6) is -1.18. The molecule has 0 spiro atoms. The summed E-state index contributed by atoms with van der Waals surface area (Å²) in [5.41, 5.74) is 1.28. The van der Waals surface area contributed by atoms with E-state index < -0.39 is 5.97 Å². The summed E-state index contributed by atoms with van der Waals surface area (Å²) in [7, 11) is 0. The molecular weight excluding hydrogens is 284 g/mol. The van der Waals surface area contributed by atoms with Crippen molar-refractivity contribution in [2.75, 3.05) is 11.9 Å². The molecule has 0 aliphatic rings. The number of amides is 2. The normalized spacial score (nSPS) is 10.4. The van der Waals surface area contributed by atoms with Crippen LogP contribution in [0.5, 0.6) is 0 Å². The zero-order valence-corrected chi connectivity index (χ0v) is 13.1. The van der Waals surface area contributed by atoms with E-state index in [1.54, 1.807) is 13.0 Å². The molecule has 0 atom stereocenters. The number of carboxylic acid groups (broad SMARTS) is 1. The average Bonchev–Trinajstić information content (AvgIpc) is 2.45. The van der Waals surface area contributed by atoms with Crippen LogP contribution in [0.1, 0.15) is 42.6 Å². The maximum atomic E-state index is 11.8. The van der Waals surface area contributed by atoms with Crippen molar-refractivity contribution < 1.29 is 19.5 Å². The molecule has 1 rings (SSSR count). The minimum atomic E-state index is -1.06. The summed E-state index contributed by atoms with van der Waals surface area (Å²) in [6.07, 6.45) is 1.16. The number of nitrogens with one attached hydrogen (secondary N) is 2. The van der Waals surface area contributed by atoms with Gasteiger partial charge in [-0.05, 0) is 37.0 Å². The number of aromatic carboxylic acids is 1. The average molecular weight is 306 g/mol. The summed E-state index contributed by atoms with van der Waals surface area (Å²) in [5, 5.41) is 14.1. The van der Waals surface area contributed by atoms with Gasteiger partial charge in [-0.1, -0.05) is 19.9 Å². The van der Waals surface area contributed by atoms with Crippen molar-refractivity contribution in [2.24, 2.45) is 5.92 Å². The van der Waals surface area contributed by atoms with Crippen molar-refractivity contribution >= 4 is 23.5 Å². The van der Waals surface area contributed by atoms with Gasteiger partial charge in [-0.2, -0.15) is 0 Å². The van der Waals surface area contributed by atoms with E-state index in [-0.39, 0.29) is 23.9 Å². The van der Waals surface area contributed by atoms with Crippen molar-refractivity contribution in [3.63, 3.8) is 0 Å². The van der Waals surface area contributed by atoms with Crippen LogP contribution in [0.15, 0.2) is 18.2 Å². The second kappa shape index (κ2) is 8.17. The fourth-order valence-corrected chi connectivity index (χ4v) is 1.77. The number of carboxylic acids is 1. The van der Waals surface area contributed by atoms with E-state index in [4.69, 9.17) is 5.11 Å². The van der Waals surface area contributed by atoms with Gasteiger partial charge in [0.1, 0.15) is 0 Å². The summed E-state index contributed by atoms with van der Waals surface area (Å²) in [6.45, 7) is 5.69. The lowest BCUT2D eigenvalue weighted by Gasteiger charge is -2.10. The first-order valence-corrected chi connectivity index (χ1v) is 7.20. The SMILES string of the molecule is Cc1ccc(C(=O)O)cc1NC(=O)CNC(=O)CCC(C)C. The van der Waals surface area contributed by atoms with Gasteiger partial charge in [-0.15, -0.1) is 0 Å². The summed E-state index contributed by atoms with van der Waals surface area (Å²) >= 11 is 0. The second-order valence-corrected chi connectivity index (χ2v) is 5.59. The zero-order valence-electron chi connectivity index (χ0n) is 13.1. The quantitative estimate of drug-likeness (QED) is 0.719. The van der Waals surface area contributed by atoms with Crippen molar-refractivity contribution in [2.45, 2.75) is 33.6 Å². The van der Waals surface area contributed by atoms with E-state index in [0.717, 1.165) is 12.0 Å². The Hall–Kier alpha value is -2.37. The smallest absolute Gasteiger partial charge is 0.335 e. The maximum Gasteiger partial charge on any atom is 0.335 e. The molecule has 22 heavy (non-hydrogen) atoms. The van der Waals surface area contributed by atoms with Gasteiger partial charge in [0.05, 0.1) is 12.1 Å². The van der Waals surface area contributed by atoms with Gasteiger partial charge in [0, 0.05) is 12.1 Å². The van der Waals surface area contributed by atoms with E-state index in [1.165, 1.54) is 12.1 Å². The molecular formula is C16H22N2O4. The van der Waals surface area contributed by atoms with Gasteiger partial charge in [0.15, 0.2) is 0 Å². The minimum absolute atomic E-state index is 0.0990. The topological polar surface area (TPSA) is 95.5 Å². The standard InChI is InChI=1S/C16H22N2O4/c1-10(2)4-7-14(19)17-9-15(20)18-13-8-12(16(21)22)6-5-11(13)3/h5-6,8,10H,4,7,9H2,1-3H3,(H,17,19)(H,18,20)(H,21,22). The molecule has 0 aromatic heterocycles. The summed E-state index contributed by atoms with van der Waals surface area (Å²) < 4.78 is 0. The van der Waals surface area contributed by atoms with Crippen LogP contribution in [0.2, 0.25) is 0 Å². The Bertz CT molecular complexity index is 567. The summed E-state index contributed by atoms with van der Waals surface area (Å²) in [4.78, 5) is 34.3. The van der Waals surface area contributed by atoms with Crippen LogP contribution in [0.25, 0.3) is 0 Å². The number of hydrogen-bond acceptors (Lipinski definition) is 3. The highest BCUT2D eigenvalue weighted by atomic mass is 16.4. The lowest BCUT2D eigenvalue weighted by Crippen LogP contribution is -2.33. The van der Waals surface area contributed by atoms with Gasteiger partial charge in [0.25, 0.3) is 0 Å². The number of aryl methyl sites for hydroxylation is 1. The third kappa shape index (κ3) is 5.95. The van der Waals surface area contributed by atoms with Crippen LogP contribution in [0, 0.1) is 12.8 Å². The molecule has 0 saturated heterocycles. The van der Waals surface area contributed by atoms with Crippen molar-refractivity contribution in [1.82, 2.24) is 5.32 Å². The molecule has 0 radical (unpaired) electrons. The molecule has 0 heterocycles. The lowest BCUT2D eigenvalue weighted by molar-refractivity contribution is -0.124. The molecule has 0 bridgehead atoms. The Morgan fingerprint density at radius 2 is 1.86 bits per heavy atom. The van der Waals surface area contributed by atoms with Gasteiger partial charge < -0.3 is 15.7 Å². The minimum Gasteiger partial charge on any atom is -0.478 e. The second-order valence-electron chi connectivity index (χ2n) is 5.59. The third-order valence-electron chi connectivity index (χ3n) is 3.15. The molecule has 3 N–H and O–H groups in total. The largest absolute Gasteiger partial charge is 0.478 e. The van der Waals surface area contributed by atoms with Crippen LogP contribution < -0.4 is 10.6 Å². The van der Waals surface area contributed by atoms with E-state index in [9.17, 15) is 14.4 Å². The molecule has 6 nitrogen and oxygen atoms in total. The predicted octanol–water partition coefficient (Wildman–Crippen LogP) is 2.18. The van der Waals surface area contributed by atoms with Crippen molar-refractivity contribution in [3.05, 3.63) is 29.3 Å². The van der Waals surface area contributed by atoms with E-state index in [2.05, 4.69) is 10.6 Å². The van der Waals surface area contributed by atoms with Gasteiger partial charge in [0.2, 0.25) is 11.8 Å². The molecule has 120 valence electrons. The Labute approximate surface area is 129 Å². The predicted molar refractivity (Wildman–Crippen MR) is 83.8 cm³/mol. The van der Waals surface area contributed by atoms with Crippen LogP contribution >= 0.6 is 0 Å². The maximum absolute atomic E-state index is 11.8. The van der Waals surface area contributed by atoms with Crippen LogP contribution in [-0.4, -0.2) is 29.4 Å². The van der Waals surface area contributed by atoms with E-state index in [1.807, 2.05) is 13.8 Å². The first-order chi connectivity index (χ1) is 10.3. The number of benzene rings is 1. The molecule has 1 aromatic carbocycles. The van der Waals surface area contributed by atoms with E-state index >= 15 is 0 Å². The highest BCUT2D eigenvalue weighted by molar-refractivity contribution is 5.97. The molecule has 0 aliphatic heterocycles. The van der Waals surface area contributed by atoms with E-state index in [0.29, 0.717) is 18.0 Å². The monoisotopic (exact) mass is 306 g/mol. The number of anilines is 1. The Kier molecular flexibility index (Phi) is 6.56. The lowest BCUT2D eigenvalue weighted by atomic mass is 10.1. The van der Waals surface area contributed by atoms with Crippen LogP contribution in [-0.2, 0) is 9.59 Å². The molecule has 0 saturated carbocycles. The zero-order chi connectivity index (χ0) is 16.7. The summed E-state index contributed by atoms with van der Waals surface area (Å²) in [6, 6.07) is 4.50. The van der Waals surface area contributed by atoms with Gasteiger partial charge in [-0.25, -0.2) is 4.79 Å². The molecule has 2 amide bonds. The Balaban J connectivity index is 2.53. The molecule has 0 aliphatic carbocycles. The molecule has 0 fully saturated rings. The first kappa shape index (κ1) is 17.7. The van der Waals surface area contributed by atoms with Gasteiger partial charge in [-0.3, -0.25) is 9.59 Å². The number of hydrogen-bond donors (Lipinski definition) is 3. The Morgan fingerprint density at radius 3 is 2.45 bits per heavy atom. The number of rotatable bonds is 7. The van der Waals surface area contributed by atoms with Gasteiger partial charge >= 0.3 is 5.97 Å². The first-order valence-electron chi connectivity index (χ1n) is 7.20. The van der Waals surface area contributed by atoms with Crippen LogP contribution in [0.4, 0.5) is 5.69 Å². The third-order valence-corrected chi connectivity index (χ3v) is 3.15. The highest BCUT2D eigenvalue weighted by Crippen LogP contribution is 2.16.